The molecular weight excluding hydrogens is 421 g/mol. The summed E-state index contributed by atoms with van der Waals surface area (Å²) >= 11 is 0. The highest BCUT2D eigenvalue weighted by Crippen LogP contribution is 2.38. The normalized spacial score (nSPS) is 17.5. The molecular formula is C24H25F3N2O3. The standard InChI is InChI=1S/C24H25F3N2O3/c1-3-20(17-6-4-5-7-19(17)24(25,26)27)32-16-8-9-21-18(12-16)22(14(2)31-21)23(30)29-15-10-11-28-13-15/h4-9,12,15,20,28H,3,10-11,13H2,1-2H3,(H,29,30)/t15-,20?/m1/s1. The molecule has 0 saturated carbocycles. The fourth-order valence-corrected chi connectivity index (χ4v) is 4.16. The molecule has 0 radical (unpaired) electrons. The van der Waals surface area contributed by atoms with Crippen LogP contribution in [0.2, 0.25) is 0 Å². The number of carbonyl (C=O) groups excluding carboxylic acids is 1. The van der Waals surface area contributed by atoms with Crippen LogP contribution in [0.1, 0.15) is 53.1 Å². The Morgan fingerprint density at radius 3 is 2.75 bits per heavy atom. The summed E-state index contributed by atoms with van der Waals surface area (Å²) in [6.07, 6.45) is -4.07. The lowest BCUT2D eigenvalue weighted by Crippen LogP contribution is -2.36. The van der Waals surface area contributed by atoms with Crippen molar-refractivity contribution in [1.29, 1.82) is 0 Å². The van der Waals surface area contributed by atoms with Gasteiger partial charge in [-0.1, -0.05) is 25.1 Å². The molecule has 170 valence electrons. The van der Waals surface area contributed by atoms with Gasteiger partial charge < -0.3 is 19.8 Å². The maximum absolute atomic E-state index is 13.5. The number of ether oxygens (including phenoxy) is 1. The van der Waals surface area contributed by atoms with Crippen molar-refractivity contribution >= 4 is 16.9 Å². The van der Waals surface area contributed by atoms with Crippen molar-refractivity contribution < 1.29 is 27.1 Å². The Kier molecular flexibility index (Phi) is 6.15. The third-order valence-corrected chi connectivity index (χ3v) is 5.72. The molecule has 5 nitrogen and oxygen atoms in total. The molecule has 0 bridgehead atoms. The van der Waals surface area contributed by atoms with Gasteiger partial charge in [-0.25, -0.2) is 0 Å². The number of fused-ring (bicyclic) bond motifs is 1. The Morgan fingerprint density at radius 1 is 1.28 bits per heavy atom. The number of carbonyl (C=O) groups is 1. The third-order valence-electron chi connectivity index (χ3n) is 5.72. The summed E-state index contributed by atoms with van der Waals surface area (Å²) in [4.78, 5) is 12.9. The number of nitrogens with one attached hydrogen (secondary N) is 2. The molecule has 0 spiro atoms. The lowest BCUT2D eigenvalue weighted by atomic mass is 10.00. The van der Waals surface area contributed by atoms with Crippen LogP contribution in [0.4, 0.5) is 13.2 Å². The molecule has 1 unspecified atom stereocenters. The lowest BCUT2D eigenvalue weighted by Gasteiger charge is -2.22. The Balaban J connectivity index is 1.64. The Hall–Kier alpha value is -3.00. The Labute approximate surface area is 183 Å². The summed E-state index contributed by atoms with van der Waals surface area (Å²) in [6, 6.07) is 10.5. The maximum Gasteiger partial charge on any atom is 0.416 e. The van der Waals surface area contributed by atoms with Crippen molar-refractivity contribution in [1.82, 2.24) is 10.6 Å². The van der Waals surface area contributed by atoms with Gasteiger partial charge in [0.15, 0.2) is 0 Å². The van der Waals surface area contributed by atoms with E-state index in [1.165, 1.54) is 12.1 Å². The van der Waals surface area contributed by atoms with Crippen LogP contribution in [-0.2, 0) is 6.18 Å². The van der Waals surface area contributed by atoms with Crippen molar-refractivity contribution in [3.8, 4) is 5.75 Å². The minimum Gasteiger partial charge on any atom is -0.486 e. The Morgan fingerprint density at radius 2 is 2.06 bits per heavy atom. The lowest BCUT2D eigenvalue weighted by molar-refractivity contribution is -0.139. The number of hydrogen-bond donors (Lipinski definition) is 2. The first-order chi connectivity index (χ1) is 15.3. The molecule has 3 aromatic rings. The predicted molar refractivity (Wildman–Crippen MR) is 115 cm³/mol. The average molecular weight is 446 g/mol. The summed E-state index contributed by atoms with van der Waals surface area (Å²) in [5, 5.41) is 6.78. The van der Waals surface area contributed by atoms with E-state index in [0.717, 1.165) is 19.0 Å². The molecule has 2 heterocycles. The molecule has 1 saturated heterocycles. The van der Waals surface area contributed by atoms with Crippen LogP contribution in [0.3, 0.4) is 0 Å². The SMILES string of the molecule is CCC(Oc1ccc2oc(C)c(C(=O)N[C@@H]3CCNC3)c2c1)c1ccccc1C(F)(F)F. The van der Waals surface area contributed by atoms with E-state index >= 15 is 0 Å². The van der Waals surface area contributed by atoms with Gasteiger partial charge in [0.05, 0.1) is 11.1 Å². The van der Waals surface area contributed by atoms with E-state index in [2.05, 4.69) is 10.6 Å². The third kappa shape index (κ3) is 4.46. The molecule has 1 fully saturated rings. The monoisotopic (exact) mass is 446 g/mol. The van der Waals surface area contributed by atoms with E-state index in [1.807, 2.05) is 0 Å². The van der Waals surface area contributed by atoms with Crippen molar-refractivity contribution in [3.05, 3.63) is 64.9 Å². The second-order valence-electron chi connectivity index (χ2n) is 7.95. The highest BCUT2D eigenvalue weighted by Gasteiger charge is 2.35. The summed E-state index contributed by atoms with van der Waals surface area (Å²) in [7, 11) is 0. The van der Waals surface area contributed by atoms with E-state index in [0.29, 0.717) is 41.0 Å². The molecule has 2 atom stereocenters. The van der Waals surface area contributed by atoms with Crippen LogP contribution in [0.5, 0.6) is 5.75 Å². The highest BCUT2D eigenvalue weighted by atomic mass is 19.4. The van der Waals surface area contributed by atoms with Crippen molar-refractivity contribution in [2.45, 2.75) is 45.0 Å². The number of aryl methyl sites for hydroxylation is 1. The van der Waals surface area contributed by atoms with Crippen molar-refractivity contribution in [3.63, 3.8) is 0 Å². The number of rotatable bonds is 6. The number of alkyl halides is 3. The summed E-state index contributed by atoms with van der Waals surface area (Å²) in [5.41, 5.74) is 0.310. The second-order valence-corrected chi connectivity index (χ2v) is 7.95. The van der Waals surface area contributed by atoms with Gasteiger partial charge in [0.2, 0.25) is 0 Å². The van der Waals surface area contributed by atoms with E-state index in [4.69, 9.17) is 9.15 Å². The zero-order chi connectivity index (χ0) is 22.9. The largest absolute Gasteiger partial charge is 0.486 e. The van der Waals surface area contributed by atoms with E-state index < -0.39 is 17.8 Å². The molecule has 1 aromatic heterocycles. The van der Waals surface area contributed by atoms with E-state index in [1.54, 1.807) is 38.1 Å². The smallest absolute Gasteiger partial charge is 0.416 e. The van der Waals surface area contributed by atoms with Crippen LogP contribution < -0.4 is 15.4 Å². The molecule has 0 aliphatic carbocycles. The van der Waals surface area contributed by atoms with Gasteiger partial charge in [-0.05, 0) is 50.6 Å². The molecule has 1 amide bonds. The molecule has 1 aliphatic rings. The maximum atomic E-state index is 13.5. The van der Waals surface area contributed by atoms with E-state index in [-0.39, 0.29) is 17.5 Å². The quantitative estimate of drug-likeness (QED) is 0.534. The fraction of sp³-hybridized carbons (Fsp3) is 0.375. The second kappa shape index (κ2) is 8.86. The summed E-state index contributed by atoms with van der Waals surface area (Å²) in [6.45, 7) is 5.06. The van der Waals surface area contributed by atoms with Gasteiger partial charge in [-0.3, -0.25) is 4.79 Å². The zero-order valence-electron chi connectivity index (χ0n) is 17.9. The molecule has 32 heavy (non-hydrogen) atoms. The molecule has 8 heteroatoms. The molecule has 4 rings (SSSR count). The van der Waals surface area contributed by atoms with Crippen LogP contribution in [-0.4, -0.2) is 25.0 Å². The minimum atomic E-state index is -4.47. The molecule has 2 aromatic carbocycles. The average Bonchev–Trinajstić information content (AvgIpc) is 3.37. The minimum absolute atomic E-state index is 0.0506. The van der Waals surface area contributed by atoms with Crippen LogP contribution in [0.25, 0.3) is 11.0 Å². The van der Waals surface area contributed by atoms with Crippen LogP contribution in [0.15, 0.2) is 46.9 Å². The number of furan rings is 1. The number of halogens is 3. The number of hydrogen-bond acceptors (Lipinski definition) is 4. The van der Waals surface area contributed by atoms with Gasteiger partial charge in [-0.2, -0.15) is 13.2 Å². The zero-order valence-corrected chi connectivity index (χ0v) is 17.9. The van der Waals surface area contributed by atoms with Crippen LogP contribution >= 0.6 is 0 Å². The van der Waals surface area contributed by atoms with Gasteiger partial charge >= 0.3 is 6.18 Å². The van der Waals surface area contributed by atoms with Gasteiger partial charge in [0, 0.05) is 23.5 Å². The van der Waals surface area contributed by atoms with Crippen molar-refractivity contribution in [2.24, 2.45) is 0 Å². The topological polar surface area (TPSA) is 63.5 Å². The van der Waals surface area contributed by atoms with E-state index in [9.17, 15) is 18.0 Å². The predicted octanol–water partition coefficient (Wildman–Crippen LogP) is 5.38. The Bertz CT molecular complexity index is 1120. The summed E-state index contributed by atoms with van der Waals surface area (Å²) in [5.74, 6) is 0.621. The first kappa shape index (κ1) is 22.2. The summed E-state index contributed by atoms with van der Waals surface area (Å²) < 4.78 is 52.2. The number of benzene rings is 2. The van der Waals surface area contributed by atoms with Crippen molar-refractivity contribution in [2.75, 3.05) is 13.1 Å². The van der Waals surface area contributed by atoms with Gasteiger partial charge in [0.25, 0.3) is 5.91 Å². The number of amides is 1. The van der Waals surface area contributed by atoms with Gasteiger partial charge in [-0.15, -0.1) is 0 Å². The molecule has 2 N–H and O–H groups in total. The first-order valence-corrected chi connectivity index (χ1v) is 10.7. The van der Waals surface area contributed by atoms with Crippen LogP contribution in [0, 0.1) is 6.92 Å². The molecule has 1 aliphatic heterocycles. The first-order valence-electron chi connectivity index (χ1n) is 10.7. The highest BCUT2D eigenvalue weighted by molar-refractivity contribution is 6.07. The fourth-order valence-electron chi connectivity index (χ4n) is 4.16. The van der Waals surface area contributed by atoms with Gasteiger partial charge in [0.1, 0.15) is 23.2 Å².